The molecule has 2 rings (SSSR count). The van der Waals surface area contributed by atoms with Crippen LogP contribution in [0.4, 0.5) is 8.78 Å². The molecule has 0 unspecified atom stereocenters. The van der Waals surface area contributed by atoms with Crippen LogP contribution >= 0.6 is 15.9 Å². The number of pyridine rings is 1. The molecule has 0 bridgehead atoms. The van der Waals surface area contributed by atoms with Crippen LogP contribution in [0.3, 0.4) is 0 Å². The van der Waals surface area contributed by atoms with Crippen molar-refractivity contribution in [3.05, 3.63) is 63.9 Å². The molecule has 0 aliphatic heterocycles. The minimum Gasteiger partial charge on any atom is -0.302 e. The minimum atomic E-state index is -0.533. The number of likely N-dealkylation sites (N-methyl/N-ethyl adjacent to an activating group) is 1. The number of nitrogens with zero attached hydrogens (tertiary/aromatic N) is 2. The number of hydrogen-bond acceptors (Lipinski definition) is 2. The topological polar surface area (TPSA) is 16.1 Å². The van der Waals surface area contributed by atoms with E-state index in [2.05, 4.69) is 20.9 Å². The van der Waals surface area contributed by atoms with Gasteiger partial charge in [-0.25, -0.2) is 8.78 Å². The lowest BCUT2D eigenvalue weighted by Gasteiger charge is -2.17. The van der Waals surface area contributed by atoms with Gasteiger partial charge < -0.3 is 4.90 Å². The third-order valence-electron chi connectivity index (χ3n) is 3.04. The van der Waals surface area contributed by atoms with Gasteiger partial charge >= 0.3 is 0 Å². The summed E-state index contributed by atoms with van der Waals surface area (Å²) in [5, 5.41) is 0. The summed E-state index contributed by atoms with van der Waals surface area (Å²) in [4.78, 5) is 6.10. The zero-order valence-corrected chi connectivity index (χ0v) is 12.7. The Morgan fingerprint density at radius 3 is 2.70 bits per heavy atom. The third kappa shape index (κ3) is 3.84. The average Bonchev–Trinajstić information content (AvgIpc) is 2.46. The van der Waals surface area contributed by atoms with Crippen molar-refractivity contribution in [1.29, 1.82) is 0 Å². The monoisotopic (exact) mass is 340 g/mol. The summed E-state index contributed by atoms with van der Waals surface area (Å²) in [5.41, 5.74) is 1.05. The van der Waals surface area contributed by atoms with Gasteiger partial charge in [0.2, 0.25) is 0 Å². The van der Waals surface area contributed by atoms with Crippen molar-refractivity contribution in [2.24, 2.45) is 0 Å². The molecule has 0 saturated heterocycles. The van der Waals surface area contributed by atoms with Gasteiger partial charge in [0.15, 0.2) is 0 Å². The molecule has 20 heavy (non-hydrogen) atoms. The minimum absolute atomic E-state index is 0.0860. The lowest BCUT2D eigenvalue weighted by molar-refractivity contribution is 0.317. The molecule has 0 fully saturated rings. The molecule has 0 atom stereocenters. The van der Waals surface area contributed by atoms with Gasteiger partial charge in [0.05, 0.1) is 4.47 Å². The van der Waals surface area contributed by atoms with Crippen LogP contribution in [0.25, 0.3) is 0 Å². The van der Waals surface area contributed by atoms with Crippen LogP contribution in [0.1, 0.15) is 11.3 Å². The Balaban J connectivity index is 1.98. The Morgan fingerprint density at radius 2 is 2.00 bits per heavy atom. The van der Waals surface area contributed by atoms with Gasteiger partial charge in [0.1, 0.15) is 11.6 Å². The van der Waals surface area contributed by atoms with Crippen LogP contribution < -0.4 is 0 Å². The van der Waals surface area contributed by atoms with Gasteiger partial charge in [-0.05, 0) is 47.2 Å². The first kappa shape index (κ1) is 15.1. The molecule has 0 aliphatic rings. The summed E-state index contributed by atoms with van der Waals surface area (Å²) in [6.45, 7) is 0.909. The first-order valence-electron chi connectivity index (χ1n) is 6.28. The zero-order chi connectivity index (χ0) is 14.5. The van der Waals surface area contributed by atoms with Crippen molar-refractivity contribution in [2.75, 3.05) is 13.6 Å². The van der Waals surface area contributed by atoms with Crippen LogP contribution in [0.15, 0.2) is 41.0 Å². The van der Waals surface area contributed by atoms with E-state index in [1.807, 2.05) is 30.1 Å². The van der Waals surface area contributed by atoms with Crippen molar-refractivity contribution < 1.29 is 8.78 Å². The van der Waals surface area contributed by atoms with E-state index in [-0.39, 0.29) is 16.6 Å². The second kappa shape index (κ2) is 6.90. The molecule has 106 valence electrons. The summed E-state index contributed by atoms with van der Waals surface area (Å²) in [6.07, 6.45) is 2.48. The van der Waals surface area contributed by atoms with Crippen molar-refractivity contribution in [1.82, 2.24) is 9.88 Å². The van der Waals surface area contributed by atoms with Gasteiger partial charge in [-0.2, -0.15) is 0 Å². The van der Waals surface area contributed by atoms with Crippen LogP contribution in [0.5, 0.6) is 0 Å². The molecular formula is C15H15BrF2N2. The molecule has 0 amide bonds. The first-order valence-corrected chi connectivity index (χ1v) is 7.08. The normalized spacial score (nSPS) is 11.1. The van der Waals surface area contributed by atoms with Crippen molar-refractivity contribution >= 4 is 15.9 Å². The largest absolute Gasteiger partial charge is 0.302 e. The highest BCUT2D eigenvalue weighted by atomic mass is 79.9. The summed E-state index contributed by atoms with van der Waals surface area (Å²) < 4.78 is 27.8. The van der Waals surface area contributed by atoms with E-state index in [9.17, 15) is 8.78 Å². The fourth-order valence-electron chi connectivity index (χ4n) is 1.91. The highest BCUT2D eigenvalue weighted by Crippen LogP contribution is 2.22. The van der Waals surface area contributed by atoms with Crippen LogP contribution in [0, 0.1) is 11.6 Å². The molecule has 0 saturated carbocycles. The molecule has 0 spiro atoms. The second-order valence-electron chi connectivity index (χ2n) is 4.63. The summed E-state index contributed by atoms with van der Waals surface area (Å²) in [7, 11) is 1.84. The van der Waals surface area contributed by atoms with E-state index < -0.39 is 11.6 Å². The fraction of sp³-hybridized carbons (Fsp3) is 0.267. The smallest absolute Gasteiger partial charge is 0.144 e. The Hall–Kier alpha value is -1.33. The molecular weight excluding hydrogens is 326 g/mol. The summed E-state index contributed by atoms with van der Waals surface area (Å²) in [5.74, 6) is -1.05. The molecule has 1 aromatic carbocycles. The van der Waals surface area contributed by atoms with Crippen molar-refractivity contribution in [3.63, 3.8) is 0 Å². The predicted octanol–water partition coefficient (Wildman–Crippen LogP) is 3.80. The zero-order valence-electron chi connectivity index (χ0n) is 11.1. The summed E-state index contributed by atoms with van der Waals surface area (Å²) in [6, 6.07) is 8.38. The molecule has 0 radical (unpaired) electrons. The second-order valence-corrected chi connectivity index (χ2v) is 5.48. The molecule has 1 heterocycles. The maximum absolute atomic E-state index is 13.9. The first-order chi connectivity index (χ1) is 9.58. The maximum Gasteiger partial charge on any atom is 0.144 e. The van der Waals surface area contributed by atoms with E-state index in [0.717, 1.165) is 12.1 Å². The Bertz CT molecular complexity index is 576. The number of halogens is 3. The van der Waals surface area contributed by atoms with Crippen LogP contribution in [-0.4, -0.2) is 23.5 Å². The lowest BCUT2D eigenvalue weighted by Crippen LogP contribution is -2.22. The number of hydrogen-bond donors (Lipinski definition) is 0. The molecule has 1 aromatic heterocycles. The lowest BCUT2D eigenvalue weighted by atomic mass is 10.2. The van der Waals surface area contributed by atoms with Gasteiger partial charge in [0.25, 0.3) is 0 Å². The number of rotatable bonds is 5. The quantitative estimate of drug-likeness (QED) is 0.769. The number of aromatic nitrogens is 1. The maximum atomic E-state index is 13.9. The van der Waals surface area contributed by atoms with Gasteiger partial charge in [-0.15, -0.1) is 0 Å². The SMILES string of the molecule is CN(CCc1ccccn1)Cc1c(F)ccc(Br)c1F. The van der Waals surface area contributed by atoms with Gasteiger partial charge in [0, 0.05) is 37.0 Å². The molecule has 2 aromatic rings. The highest BCUT2D eigenvalue weighted by molar-refractivity contribution is 9.10. The predicted molar refractivity (Wildman–Crippen MR) is 78.3 cm³/mol. The molecule has 0 N–H and O–H groups in total. The fourth-order valence-corrected chi connectivity index (χ4v) is 2.29. The van der Waals surface area contributed by atoms with Crippen molar-refractivity contribution in [3.8, 4) is 0 Å². The standard InChI is InChI=1S/C15H15BrF2N2/c1-20(9-7-11-4-2-3-8-19-11)10-12-14(17)6-5-13(16)15(12)18/h2-6,8H,7,9-10H2,1H3. The Kier molecular flexibility index (Phi) is 5.20. The van der Waals surface area contributed by atoms with E-state index in [1.165, 1.54) is 12.1 Å². The van der Waals surface area contributed by atoms with E-state index in [0.29, 0.717) is 6.54 Å². The summed E-state index contributed by atoms with van der Waals surface area (Å²) >= 11 is 3.08. The van der Waals surface area contributed by atoms with Gasteiger partial charge in [-0.1, -0.05) is 6.07 Å². The number of benzene rings is 1. The van der Waals surface area contributed by atoms with Crippen LogP contribution in [0.2, 0.25) is 0 Å². The molecule has 5 heteroatoms. The van der Waals surface area contributed by atoms with Gasteiger partial charge in [-0.3, -0.25) is 4.98 Å². The Labute approximate surface area is 125 Å². The molecule has 2 nitrogen and oxygen atoms in total. The average molecular weight is 341 g/mol. The van der Waals surface area contributed by atoms with E-state index in [4.69, 9.17) is 0 Å². The van der Waals surface area contributed by atoms with Crippen molar-refractivity contribution in [2.45, 2.75) is 13.0 Å². The third-order valence-corrected chi connectivity index (χ3v) is 3.66. The highest BCUT2D eigenvalue weighted by Gasteiger charge is 2.14. The van der Waals surface area contributed by atoms with Crippen LogP contribution in [-0.2, 0) is 13.0 Å². The molecule has 0 aliphatic carbocycles. The Morgan fingerprint density at radius 1 is 1.20 bits per heavy atom. The van der Waals surface area contributed by atoms with E-state index >= 15 is 0 Å². The van der Waals surface area contributed by atoms with E-state index in [1.54, 1.807) is 6.20 Å².